The Morgan fingerprint density at radius 2 is 1.48 bits per heavy atom. The first-order valence-corrected chi connectivity index (χ1v) is 9.11. The minimum Gasteiger partial charge on any atom is -0.496 e. The van der Waals surface area contributed by atoms with E-state index in [9.17, 15) is 9.59 Å². The molecular formula is C21H25NO5. The van der Waals surface area contributed by atoms with Gasteiger partial charge in [-0.3, -0.25) is 0 Å². The second kappa shape index (κ2) is 8.29. The molecule has 6 heteroatoms. The average Bonchev–Trinajstić information content (AvgIpc) is 3.26. The van der Waals surface area contributed by atoms with Gasteiger partial charge in [-0.05, 0) is 18.9 Å². The highest BCUT2D eigenvalue weighted by atomic mass is 16.5. The van der Waals surface area contributed by atoms with Gasteiger partial charge in [0.05, 0.1) is 38.4 Å². The van der Waals surface area contributed by atoms with Crippen LogP contribution in [-0.4, -0.2) is 44.2 Å². The molecule has 0 amide bonds. The Morgan fingerprint density at radius 3 is 2.00 bits per heavy atom. The van der Waals surface area contributed by atoms with Crippen molar-refractivity contribution >= 4 is 11.9 Å². The summed E-state index contributed by atoms with van der Waals surface area (Å²) in [7, 11) is 4.26. The molecule has 1 aromatic carbocycles. The van der Waals surface area contributed by atoms with E-state index in [0.29, 0.717) is 16.9 Å². The molecule has 0 saturated heterocycles. The van der Waals surface area contributed by atoms with Crippen LogP contribution in [0.2, 0.25) is 0 Å². The molecule has 0 unspecified atom stereocenters. The molecule has 2 aliphatic rings. The number of esters is 2. The molecule has 144 valence electrons. The van der Waals surface area contributed by atoms with Crippen LogP contribution in [0.4, 0.5) is 0 Å². The van der Waals surface area contributed by atoms with Gasteiger partial charge >= 0.3 is 11.9 Å². The molecule has 1 aromatic rings. The van der Waals surface area contributed by atoms with Crippen LogP contribution in [0.15, 0.2) is 47.8 Å². The standard InChI is InChI=1S/C21H25NO5/c1-25-18-11-7-6-10-15(18)19-16(20(23)26-2)12-22(14-8-4-5-9-14)13-17(19)21(24)27-3/h6-7,10-14,19H,4-5,8-9H2,1-3H3. The summed E-state index contributed by atoms with van der Waals surface area (Å²) in [5, 5.41) is 0. The first kappa shape index (κ1) is 19.0. The average molecular weight is 371 g/mol. The largest absolute Gasteiger partial charge is 0.496 e. The van der Waals surface area contributed by atoms with Crippen LogP contribution in [0.25, 0.3) is 0 Å². The Labute approximate surface area is 159 Å². The van der Waals surface area contributed by atoms with Gasteiger partial charge < -0.3 is 19.1 Å². The van der Waals surface area contributed by atoms with E-state index in [4.69, 9.17) is 14.2 Å². The summed E-state index contributed by atoms with van der Waals surface area (Å²) in [5.74, 6) is -0.952. The molecule has 1 heterocycles. The lowest BCUT2D eigenvalue weighted by atomic mass is 9.82. The minimum atomic E-state index is -0.612. The first-order valence-electron chi connectivity index (χ1n) is 9.11. The summed E-state index contributed by atoms with van der Waals surface area (Å²) < 4.78 is 15.5. The third-order valence-corrected chi connectivity index (χ3v) is 5.24. The molecular weight excluding hydrogens is 346 g/mol. The molecule has 1 aliphatic carbocycles. The van der Waals surface area contributed by atoms with Gasteiger partial charge in [0.25, 0.3) is 0 Å². The lowest BCUT2D eigenvalue weighted by Crippen LogP contribution is -2.33. The topological polar surface area (TPSA) is 65.1 Å². The number of hydrogen-bond acceptors (Lipinski definition) is 6. The molecule has 0 atom stereocenters. The maximum Gasteiger partial charge on any atom is 0.336 e. The number of nitrogens with zero attached hydrogens (tertiary/aromatic N) is 1. The van der Waals surface area contributed by atoms with Gasteiger partial charge in [0.1, 0.15) is 5.75 Å². The number of hydrogen-bond donors (Lipinski definition) is 0. The van der Waals surface area contributed by atoms with Crippen molar-refractivity contribution in [2.75, 3.05) is 21.3 Å². The second-order valence-electron chi connectivity index (χ2n) is 6.71. The van der Waals surface area contributed by atoms with Crippen LogP contribution in [-0.2, 0) is 19.1 Å². The maximum atomic E-state index is 12.6. The SMILES string of the molecule is COC(=O)C1=CN(C2CCCC2)C=C(C(=O)OC)C1c1ccccc1OC. The highest BCUT2D eigenvalue weighted by Gasteiger charge is 2.38. The van der Waals surface area contributed by atoms with Gasteiger partial charge in [-0.15, -0.1) is 0 Å². The molecule has 27 heavy (non-hydrogen) atoms. The summed E-state index contributed by atoms with van der Waals surface area (Å²) in [6, 6.07) is 7.62. The quantitative estimate of drug-likeness (QED) is 0.741. The number of rotatable bonds is 5. The fourth-order valence-corrected chi connectivity index (χ4v) is 3.91. The summed E-state index contributed by atoms with van der Waals surface area (Å²) in [4.78, 5) is 27.2. The Kier molecular flexibility index (Phi) is 5.84. The number of methoxy groups -OCH3 is 3. The Hall–Kier alpha value is -2.76. The van der Waals surface area contributed by atoms with Crippen LogP contribution >= 0.6 is 0 Å². The van der Waals surface area contributed by atoms with Crippen molar-refractivity contribution in [1.29, 1.82) is 0 Å². The van der Waals surface area contributed by atoms with Gasteiger partial charge in [0.15, 0.2) is 0 Å². The lowest BCUT2D eigenvalue weighted by molar-refractivity contribution is -0.137. The molecule has 0 spiro atoms. The van der Waals surface area contributed by atoms with E-state index < -0.39 is 17.9 Å². The summed E-state index contributed by atoms with van der Waals surface area (Å²) >= 11 is 0. The lowest BCUT2D eigenvalue weighted by Gasteiger charge is -2.33. The summed E-state index contributed by atoms with van der Waals surface area (Å²) in [5.41, 5.74) is 1.52. The monoisotopic (exact) mass is 371 g/mol. The predicted molar refractivity (Wildman–Crippen MR) is 100 cm³/mol. The number of carbonyl (C=O) groups is 2. The maximum absolute atomic E-state index is 12.6. The first-order chi connectivity index (χ1) is 13.1. The Bertz CT molecular complexity index is 743. The van der Waals surface area contributed by atoms with Gasteiger partial charge in [0.2, 0.25) is 0 Å². The molecule has 1 saturated carbocycles. The highest BCUT2D eigenvalue weighted by molar-refractivity contribution is 5.98. The van der Waals surface area contributed by atoms with Gasteiger partial charge in [-0.2, -0.15) is 0 Å². The Balaban J connectivity index is 2.14. The van der Waals surface area contributed by atoms with Gasteiger partial charge in [-0.1, -0.05) is 31.0 Å². The van der Waals surface area contributed by atoms with Crippen LogP contribution < -0.4 is 4.74 Å². The zero-order valence-corrected chi connectivity index (χ0v) is 15.9. The van der Waals surface area contributed by atoms with Crippen molar-refractivity contribution in [2.45, 2.75) is 37.6 Å². The van der Waals surface area contributed by atoms with Gasteiger partial charge in [0, 0.05) is 24.0 Å². The van der Waals surface area contributed by atoms with Crippen molar-refractivity contribution in [2.24, 2.45) is 0 Å². The summed E-state index contributed by atoms with van der Waals surface area (Å²) in [6.45, 7) is 0. The minimum absolute atomic E-state index is 0.267. The van der Waals surface area contributed by atoms with Crippen molar-refractivity contribution in [1.82, 2.24) is 4.90 Å². The zero-order chi connectivity index (χ0) is 19.4. The normalized spacial score (nSPS) is 18.0. The number of benzene rings is 1. The van der Waals surface area contributed by atoms with Crippen LogP contribution in [0.3, 0.4) is 0 Å². The fourth-order valence-electron chi connectivity index (χ4n) is 3.91. The summed E-state index contributed by atoms with van der Waals surface area (Å²) in [6.07, 6.45) is 7.95. The molecule has 0 radical (unpaired) electrons. The second-order valence-corrected chi connectivity index (χ2v) is 6.71. The van der Waals surface area contributed by atoms with Gasteiger partial charge in [-0.25, -0.2) is 9.59 Å². The predicted octanol–water partition coefficient (Wildman–Crippen LogP) is 3.15. The van der Waals surface area contributed by atoms with Crippen LogP contribution in [0.1, 0.15) is 37.2 Å². The van der Waals surface area contributed by atoms with E-state index in [1.807, 2.05) is 41.6 Å². The molecule has 1 aliphatic heterocycles. The van der Waals surface area contributed by atoms with Crippen molar-refractivity contribution in [3.05, 3.63) is 53.4 Å². The van der Waals surface area contributed by atoms with E-state index in [0.717, 1.165) is 31.2 Å². The van der Waals surface area contributed by atoms with E-state index in [-0.39, 0.29) is 6.04 Å². The van der Waals surface area contributed by atoms with E-state index in [2.05, 4.69) is 0 Å². The van der Waals surface area contributed by atoms with E-state index >= 15 is 0 Å². The number of para-hydroxylation sites is 1. The van der Waals surface area contributed by atoms with Crippen LogP contribution in [0, 0.1) is 0 Å². The zero-order valence-electron chi connectivity index (χ0n) is 15.9. The van der Waals surface area contributed by atoms with E-state index in [1.54, 1.807) is 7.11 Å². The third-order valence-electron chi connectivity index (χ3n) is 5.24. The van der Waals surface area contributed by atoms with Crippen molar-refractivity contribution < 1.29 is 23.8 Å². The molecule has 6 nitrogen and oxygen atoms in total. The smallest absolute Gasteiger partial charge is 0.336 e. The van der Waals surface area contributed by atoms with Crippen molar-refractivity contribution in [3.63, 3.8) is 0 Å². The highest BCUT2D eigenvalue weighted by Crippen LogP contribution is 2.42. The molecule has 0 bridgehead atoms. The van der Waals surface area contributed by atoms with Crippen LogP contribution in [0.5, 0.6) is 5.75 Å². The fraction of sp³-hybridized carbons (Fsp3) is 0.429. The Morgan fingerprint density at radius 1 is 0.926 bits per heavy atom. The third kappa shape index (κ3) is 3.70. The molecule has 3 rings (SSSR count). The molecule has 0 aromatic heterocycles. The molecule has 1 fully saturated rings. The van der Waals surface area contributed by atoms with E-state index in [1.165, 1.54) is 14.2 Å². The van der Waals surface area contributed by atoms with Crippen molar-refractivity contribution in [3.8, 4) is 5.75 Å². The number of carbonyl (C=O) groups excluding carboxylic acids is 2. The number of ether oxygens (including phenoxy) is 3. The molecule has 0 N–H and O–H groups in total.